The molecule has 1 aromatic heterocycles. The maximum Gasteiger partial charge on any atom is 0.234 e. The number of amides is 1. The van der Waals surface area contributed by atoms with Crippen LogP contribution in [0.25, 0.3) is 11.3 Å². The highest BCUT2D eigenvalue weighted by atomic mass is 32.2. The van der Waals surface area contributed by atoms with Crippen molar-refractivity contribution in [2.24, 2.45) is 0 Å². The van der Waals surface area contributed by atoms with Gasteiger partial charge in [-0.2, -0.15) is 0 Å². The first-order valence-electron chi connectivity index (χ1n) is 9.59. The Morgan fingerprint density at radius 1 is 1.00 bits per heavy atom. The Labute approximate surface area is 181 Å². The predicted octanol–water partition coefficient (Wildman–Crippen LogP) is 5.02. The highest BCUT2D eigenvalue weighted by Gasteiger charge is 2.11. The van der Waals surface area contributed by atoms with E-state index in [0.717, 1.165) is 11.3 Å². The summed E-state index contributed by atoms with van der Waals surface area (Å²) in [6.45, 7) is 4.28. The fourth-order valence-corrected chi connectivity index (χ4v) is 3.45. The number of rotatable bonds is 8. The van der Waals surface area contributed by atoms with Gasteiger partial charge in [-0.15, -0.1) is 10.2 Å². The molecule has 1 amide bonds. The first-order valence-corrected chi connectivity index (χ1v) is 10.6. The fourth-order valence-electron chi connectivity index (χ4n) is 2.84. The molecule has 7 heteroatoms. The molecule has 0 spiro atoms. The zero-order valence-electron chi connectivity index (χ0n) is 17.5. The fraction of sp³-hybridized carbons (Fsp3) is 0.261. The molecule has 0 radical (unpaired) electrons. The van der Waals surface area contributed by atoms with E-state index >= 15 is 0 Å². The lowest BCUT2D eigenvalue weighted by Crippen LogP contribution is -2.14. The molecule has 0 unspecified atom stereocenters. The summed E-state index contributed by atoms with van der Waals surface area (Å²) in [6.07, 6.45) is 0. The van der Waals surface area contributed by atoms with E-state index in [4.69, 9.17) is 9.47 Å². The number of benzene rings is 2. The number of nitrogens with one attached hydrogen (secondary N) is 1. The van der Waals surface area contributed by atoms with E-state index in [9.17, 15) is 4.79 Å². The van der Waals surface area contributed by atoms with Crippen LogP contribution in [-0.2, 0) is 4.79 Å². The van der Waals surface area contributed by atoms with E-state index in [-0.39, 0.29) is 11.7 Å². The molecule has 30 heavy (non-hydrogen) atoms. The Balaban J connectivity index is 1.59. The van der Waals surface area contributed by atoms with Gasteiger partial charge in [0.25, 0.3) is 0 Å². The summed E-state index contributed by atoms with van der Waals surface area (Å²) in [5, 5.41) is 12.1. The third kappa shape index (κ3) is 5.51. The van der Waals surface area contributed by atoms with Gasteiger partial charge in [0.15, 0.2) is 0 Å². The van der Waals surface area contributed by atoms with Gasteiger partial charge in [0.1, 0.15) is 16.5 Å². The minimum atomic E-state index is -0.0833. The molecule has 0 atom stereocenters. The van der Waals surface area contributed by atoms with Gasteiger partial charge in [0.2, 0.25) is 5.91 Å². The third-order valence-corrected chi connectivity index (χ3v) is 5.46. The summed E-state index contributed by atoms with van der Waals surface area (Å²) >= 11 is 1.34. The number of hydrogen-bond acceptors (Lipinski definition) is 6. The van der Waals surface area contributed by atoms with E-state index in [0.29, 0.717) is 28.1 Å². The lowest BCUT2D eigenvalue weighted by Gasteiger charge is -2.10. The molecule has 0 fully saturated rings. The highest BCUT2D eigenvalue weighted by molar-refractivity contribution is 7.99. The van der Waals surface area contributed by atoms with Gasteiger partial charge in [-0.25, -0.2) is 0 Å². The minimum Gasteiger partial charge on any atom is -0.497 e. The Morgan fingerprint density at radius 2 is 1.77 bits per heavy atom. The average molecular weight is 424 g/mol. The average Bonchev–Trinajstić information content (AvgIpc) is 2.78. The Hall–Kier alpha value is -3.06. The molecule has 0 saturated carbocycles. The zero-order valence-corrected chi connectivity index (χ0v) is 18.3. The van der Waals surface area contributed by atoms with Crippen LogP contribution >= 0.6 is 11.8 Å². The molecule has 3 aromatic rings. The van der Waals surface area contributed by atoms with Crippen molar-refractivity contribution in [1.82, 2.24) is 10.2 Å². The van der Waals surface area contributed by atoms with Crippen LogP contribution in [0.1, 0.15) is 25.3 Å². The molecule has 156 valence electrons. The number of ether oxygens (including phenoxy) is 2. The lowest BCUT2D eigenvalue weighted by molar-refractivity contribution is -0.113. The number of carbonyl (C=O) groups is 1. The number of nitrogens with zero attached hydrogens (tertiary/aromatic N) is 2. The van der Waals surface area contributed by atoms with Crippen LogP contribution in [0.3, 0.4) is 0 Å². The third-order valence-electron chi connectivity index (χ3n) is 4.54. The van der Waals surface area contributed by atoms with Gasteiger partial charge in [-0.1, -0.05) is 37.7 Å². The van der Waals surface area contributed by atoms with Crippen LogP contribution in [0.2, 0.25) is 0 Å². The lowest BCUT2D eigenvalue weighted by atomic mass is 10.0. The second-order valence-electron chi connectivity index (χ2n) is 6.94. The molecule has 2 aromatic carbocycles. The summed E-state index contributed by atoms with van der Waals surface area (Å²) < 4.78 is 10.6. The number of methoxy groups -OCH3 is 2. The first-order chi connectivity index (χ1) is 14.5. The van der Waals surface area contributed by atoms with E-state index < -0.39 is 0 Å². The van der Waals surface area contributed by atoms with Gasteiger partial charge in [-0.05, 0) is 47.9 Å². The summed E-state index contributed by atoms with van der Waals surface area (Å²) in [5.41, 5.74) is 3.54. The molecule has 6 nitrogen and oxygen atoms in total. The molecule has 1 heterocycles. The minimum absolute atomic E-state index is 0.0833. The van der Waals surface area contributed by atoms with E-state index in [2.05, 4.69) is 29.4 Å². The molecule has 0 aliphatic heterocycles. The van der Waals surface area contributed by atoms with Crippen molar-refractivity contribution in [1.29, 1.82) is 0 Å². The molecule has 0 bridgehead atoms. The van der Waals surface area contributed by atoms with Crippen molar-refractivity contribution in [2.75, 3.05) is 25.3 Å². The number of anilines is 1. The van der Waals surface area contributed by atoms with Crippen molar-refractivity contribution in [3.05, 3.63) is 60.2 Å². The van der Waals surface area contributed by atoms with E-state index in [1.165, 1.54) is 17.3 Å². The SMILES string of the molecule is COc1ccc(-c2ccc(SCC(=O)Nc3ccc(C(C)C)cc3)nn2)c(OC)c1. The van der Waals surface area contributed by atoms with E-state index in [1.807, 2.05) is 48.5 Å². The van der Waals surface area contributed by atoms with Crippen molar-refractivity contribution in [3.63, 3.8) is 0 Å². The van der Waals surface area contributed by atoms with Crippen molar-refractivity contribution in [2.45, 2.75) is 24.8 Å². The quantitative estimate of drug-likeness (QED) is 0.513. The van der Waals surface area contributed by atoms with Crippen LogP contribution in [0.4, 0.5) is 5.69 Å². The number of hydrogen-bond donors (Lipinski definition) is 1. The molecular weight excluding hydrogens is 398 g/mol. The molecule has 3 rings (SSSR count). The van der Waals surface area contributed by atoms with Crippen LogP contribution < -0.4 is 14.8 Å². The van der Waals surface area contributed by atoms with Crippen molar-refractivity contribution >= 4 is 23.4 Å². The Bertz CT molecular complexity index is 990. The van der Waals surface area contributed by atoms with Crippen molar-refractivity contribution < 1.29 is 14.3 Å². The molecule has 0 aliphatic carbocycles. The van der Waals surface area contributed by atoms with Gasteiger partial charge in [0.05, 0.1) is 25.7 Å². The monoisotopic (exact) mass is 423 g/mol. The number of carbonyl (C=O) groups excluding carboxylic acids is 1. The summed E-state index contributed by atoms with van der Waals surface area (Å²) in [4.78, 5) is 12.2. The number of thioether (sulfide) groups is 1. The largest absolute Gasteiger partial charge is 0.497 e. The number of aromatic nitrogens is 2. The van der Waals surface area contributed by atoms with Crippen LogP contribution in [0, 0.1) is 0 Å². The van der Waals surface area contributed by atoms with Crippen molar-refractivity contribution in [3.8, 4) is 22.8 Å². The van der Waals surface area contributed by atoms with Crippen LogP contribution in [0.5, 0.6) is 11.5 Å². The van der Waals surface area contributed by atoms with Crippen LogP contribution in [-0.4, -0.2) is 36.1 Å². The van der Waals surface area contributed by atoms with E-state index in [1.54, 1.807) is 20.3 Å². The topological polar surface area (TPSA) is 73.3 Å². The van der Waals surface area contributed by atoms with Gasteiger partial charge < -0.3 is 14.8 Å². The Kier molecular flexibility index (Phi) is 7.30. The first kappa shape index (κ1) is 21.6. The summed E-state index contributed by atoms with van der Waals surface area (Å²) in [7, 11) is 3.21. The maximum atomic E-state index is 12.2. The van der Waals surface area contributed by atoms with Crippen LogP contribution in [0.15, 0.2) is 59.6 Å². The maximum absolute atomic E-state index is 12.2. The summed E-state index contributed by atoms with van der Waals surface area (Å²) in [5.74, 6) is 2.00. The normalized spacial score (nSPS) is 10.7. The van der Waals surface area contributed by atoms with Gasteiger partial charge in [-0.3, -0.25) is 4.79 Å². The summed E-state index contributed by atoms with van der Waals surface area (Å²) in [6, 6.07) is 17.2. The Morgan fingerprint density at radius 3 is 2.37 bits per heavy atom. The molecule has 0 aliphatic rings. The standard InChI is InChI=1S/C23H25N3O3S/c1-15(2)16-5-7-17(8-6-16)24-22(27)14-30-23-12-11-20(25-26-23)19-10-9-18(28-3)13-21(19)29-4/h5-13,15H,14H2,1-4H3,(H,24,27). The zero-order chi connectivity index (χ0) is 21.5. The molecular formula is C23H25N3O3S. The van der Waals surface area contributed by atoms with Gasteiger partial charge >= 0.3 is 0 Å². The molecule has 1 N–H and O–H groups in total. The smallest absolute Gasteiger partial charge is 0.234 e. The predicted molar refractivity (Wildman–Crippen MR) is 120 cm³/mol. The molecule has 0 saturated heterocycles. The second-order valence-corrected chi connectivity index (χ2v) is 7.93. The highest BCUT2D eigenvalue weighted by Crippen LogP contribution is 2.32. The second kappa shape index (κ2) is 10.1. The van der Waals surface area contributed by atoms with Gasteiger partial charge in [0, 0.05) is 17.3 Å².